The number of amides is 3. The molecule has 0 aliphatic carbocycles. The zero-order chi connectivity index (χ0) is 24.7. The Morgan fingerprint density at radius 2 is 1.50 bits per heavy atom. The first-order valence-electron chi connectivity index (χ1n) is 10.6. The molecule has 0 radical (unpaired) electrons. The minimum atomic E-state index is -4.54. The molecule has 1 N–H and O–H groups in total. The third-order valence-corrected chi connectivity index (χ3v) is 6.14. The topological polar surface area (TPSA) is 52.7 Å². The van der Waals surface area contributed by atoms with Crippen molar-refractivity contribution in [3.05, 3.63) is 64.7 Å². The van der Waals surface area contributed by atoms with Gasteiger partial charge in [0.25, 0.3) is 0 Å². The molecular weight excluding hydrogens is 464 g/mol. The van der Waals surface area contributed by atoms with Crippen molar-refractivity contribution in [3.63, 3.8) is 0 Å². The van der Waals surface area contributed by atoms with Crippen molar-refractivity contribution < 1.29 is 35.9 Å². The Labute approximate surface area is 191 Å². The minimum absolute atomic E-state index is 0.0647. The molecule has 2 aromatic rings. The van der Waals surface area contributed by atoms with Gasteiger partial charge in [-0.1, -0.05) is 18.2 Å². The predicted octanol–water partition coefficient (Wildman–Crippen LogP) is 4.99. The van der Waals surface area contributed by atoms with Gasteiger partial charge < -0.3 is 10.2 Å². The molecule has 1 fully saturated rings. The number of hydrogen-bond donors (Lipinski definition) is 1. The third kappa shape index (κ3) is 4.97. The quantitative estimate of drug-likeness (QED) is 0.623. The molecule has 0 atom stereocenters. The molecule has 34 heavy (non-hydrogen) atoms. The van der Waals surface area contributed by atoms with Crippen molar-refractivity contribution in [1.29, 1.82) is 0 Å². The maximum Gasteiger partial charge on any atom is 0.416 e. The fraction of sp³-hybridized carbons (Fsp3) is 0.391. The molecular formula is C23H21F6N3O2. The highest BCUT2D eigenvalue weighted by Gasteiger charge is 2.37. The minimum Gasteiger partial charge on any atom is -0.342 e. The maximum absolute atomic E-state index is 13.2. The molecule has 4 rings (SSSR count). The van der Waals surface area contributed by atoms with Crippen LogP contribution in [0, 0.1) is 0 Å². The lowest BCUT2D eigenvalue weighted by Gasteiger charge is -2.41. The van der Waals surface area contributed by atoms with Crippen molar-refractivity contribution in [1.82, 2.24) is 10.2 Å². The SMILES string of the molecule is O=C(Cc1ccc(C(F)(F)F)cc1)N1CCC(N2C(=O)NCc3ccc(C(F)(F)F)cc32)CC1. The summed E-state index contributed by atoms with van der Waals surface area (Å²) in [5, 5.41) is 2.67. The number of benzene rings is 2. The highest BCUT2D eigenvalue weighted by molar-refractivity contribution is 5.95. The van der Waals surface area contributed by atoms with Crippen LogP contribution in [-0.2, 0) is 30.1 Å². The molecule has 0 unspecified atom stereocenters. The highest BCUT2D eigenvalue weighted by atomic mass is 19.4. The van der Waals surface area contributed by atoms with Crippen molar-refractivity contribution >= 4 is 17.6 Å². The van der Waals surface area contributed by atoms with Crippen LogP contribution in [0.5, 0.6) is 0 Å². The van der Waals surface area contributed by atoms with Crippen LogP contribution in [0.15, 0.2) is 42.5 Å². The van der Waals surface area contributed by atoms with E-state index < -0.39 is 35.6 Å². The van der Waals surface area contributed by atoms with Gasteiger partial charge in [0.1, 0.15) is 0 Å². The molecule has 11 heteroatoms. The number of anilines is 1. The number of carbonyl (C=O) groups is 2. The Morgan fingerprint density at radius 3 is 2.09 bits per heavy atom. The molecule has 2 aromatic carbocycles. The second-order valence-electron chi connectivity index (χ2n) is 8.35. The maximum atomic E-state index is 13.2. The lowest BCUT2D eigenvalue weighted by Crippen LogP contribution is -2.54. The summed E-state index contributed by atoms with van der Waals surface area (Å²) in [5.74, 6) is -0.263. The van der Waals surface area contributed by atoms with E-state index in [0.717, 1.165) is 24.3 Å². The zero-order valence-corrected chi connectivity index (χ0v) is 17.8. The lowest BCUT2D eigenvalue weighted by molar-refractivity contribution is -0.138. The number of fused-ring (bicyclic) bond motifs is 1. The van der Waals surface area contributed by atoms with E-state index in [0.29, 0.717) is 24.0 Å². The summed E-state index contributed by atoms with van der Waals surface area (Å²) in [6.45, 7) is 0.692. The fourth-order valence-corrected chi connectivity index (χ4v) is 4.31. The Kier molecular flexibility index (Phi) is 6.22. The number of urea groups is 1. The molecule has 2 aliphatic rings. The highest BCUT2D eigenvalue weighted by Crippen LogP contribution is 2.37. The van der Waals surface area contributed by atoms with Gasteiger partial charge in [-0.15, -0.1) is 0 Å². The van der Waals surface area contributed by atoms with Crippen LogP contribution < -0.4 is 10.2 Å². The average molecular weight is 485 g/mol. The molecule has 1 saturated heterocycles. The normalized spacial score (nSPS) is 17.4. The number of nitrogens with one attached hydrogen (secondary N) is 1. The monoisotopic (exact) mass is 485 g/mol. The second kappa shape index (κ2) is 8.84. The van der Waals surface area contributed by atoms with Gasteiger partial charge in [-0.2, -0.15) is 26.3 Å². The van der Waals surface area contributed by atoms with E-state index in [2.05, 4.69) is 5.32 Å². The van der Waals surface area contributed by atoms with Gasteiger partial charge in [0.2, 0.25) is 5.91 Å². The van der Waals surface area contributed by atoms with Gasteiger partial charge in [0, 0.05) is 25.7 Å². The first-order valence-corrected chi connectivity index (χ1v) is 10.6. The third-order valence-electron chi connectivity index (χ3n) is 6.14. The van der Waals surface area contributed by atoms with Gasteiger partial charge in [0.15, 0.2) is 0 Å². The summed E-state index contributed by atoms with van der Waals surface area (Å²) in [5.41, 5.74) is -0.390. The largest absolute Gasteiger partial charge is 0.416 e. The van der Waals surface area contributed by atoms with Crippen LogP contribution in [0.4, 0.5) is 36.8 Å². The van der Waals surface area contributed by atoms with Crippen LogP contribution in [-0.4, -0.2) is 36.0 Å². The first-order chi connectivity index (χ1) is 15.9. The number of hydrogen-bond acceptors (Lipinski definition) is 2. The van der Waals surface area contributed by atoms with Crippen molar-refractivity contribution in [2.24, 2.45) is 0 Å². The molecule has 0 saturated carbocycles. The van der Waals surface area contributed by atoms with E-state index in [4.69, 9.17) is 0 Å². The van der Waals surface area contributed by atoms with E-state index in [1.165, 1.54) is 23.1 Å². The van der Waals surface area contributed by atoms with Gasteiger partial charge in [-0.05, 0) is 48.2 Å². The number of nitrogens with zero attached hydrogens (tertiary/aromatic N) is 2. The van der Waals surface area contributed by atoms with Crippen molar-refractivity contribution in [2.45, 2.75) is 44.2 Å². The summed E-state index contributed by atoms with van der Waals surface area (Å²) < 4.78 is 77.7. The number of carbonyl (C=O) groups excluding carboxylic acids is 2. The van der Waals surface area contributed by atoms with E-state index in [1.54, 1.807) is 4.90 Å². The molecule has 3 amide bonds. The predicted molar refractivity (Wildman–Crippen MR) is 111 cm³/mol. The summed E-state index contributed by atoms with van der Waals surface area (Å²) >= 11 is 0. The van der Waals surface area contributed by atoms with E-state index >= 15 is 0 Å². The van der Waals surface area contributed by atoms with Gasteiger partial charge in [-0.3, -0.25) is 9.69 Å². The van der Waals surface area contributed by atoms with E-state index in [1.807, 2.05) is 0 Å². The molecule has 0 spiro atoms. The summed E-state index contributed by atoms with van der Waals surface area (Å²) in [6, 6.07) is 6.83. The van der Waals surface area contributed by atoms with E-state index in [-0.39, 0.29) is 37.6 Å². The van der Waals surface area contributed by atoms with Crippen LogP contribution in [0.25, 0.3) is 0 Å². The summed E-state index contributed by atoms with van der Waals surface area (Å²) in [6.07, 6.45) is -8.33. The number of piperidine rings is 1. The first kappa shape index (κ1) is 23.9. The molecule has 2 aliphatic heterocycles. The lowest BCUT2D eigenvalue weighted by atomic mass is 9.98. The molecule has 0 aromatic heterocycles. The summed E-state index contributed by atoms with van der Waals surface area (Å²) in [4.78, 5) is 28.1. The standard InChI is InChI=1S/C23H21F6N3O2/c24-22(25,26)16-4-1-14(2-5-16)11-20(33)31-9-7-18(8-10-31)32-19-12-17(23(27,28)29)6-3-15(19)13-30-21(32)34/h1-6,12,18H,7-11,13H2,(H,30,34). The molecule has 5 nitrogen and oxygen atoms in total. The number of rotatable bonds is 3. The number of likely N-dealkylation sites (tertiary alicyclic amines) is 1. The Hall–Kier alpha value is -3.24. The molecule has 0 bridgehead atoms. The fourth-order valence-electron chi connectivity index (χ4n) is 4.31. The van der Waals surface area contributed by atoms with Crippen molar-refractivity contribution in [3.8, 4) is 0 Å². The van der Waals surface area contributed by atoms with Gasteiger partial charge in [0.05, 0.1) is 23.2 Å². The zero-order valence-electron chi connectivity index (χ0n) is 17.8. The van der Waals surface area contributed by atoms with Gasteiger partial charge in [-0.25, -0.2) is 4.79 Å². The van der Waals surface area contributed by atoms with Crippen LogP contribution in [0.3, 0.4) is 0 Å². The van der Waals surface area contributed by atoms with Crippen LogP contribution >= 0.6 is 0 Å². The average Bonchev–Trinajstić information content (AvgIpc) is 2.78. The smallest absolute Gasteiger partial charge is 0.342 e. The number of halogens is 6. The van der Waals surface area contributed by atoms with E-state index in [9.17, 15) is 35.9 Å². The summed E-state index contributed by atoms with van der Waals surface area (Å²) in [7, 11) is 0. The Balaban J connectivity index is 1.42. The van der Waals surface area contributed by atoms with Crippen LogP contribution in [0.2, 0.25) is 0 Å². The Bertz CT molecular complexity index is 1070. The van der Waals surface area contributed by atoms with Gasteiger partial charge >= 0.3 is 18.4 Å². The second-order valence-corrected chi connectivity index (χ2v) is 8.35. The Morgan fingerprint density at radius 1 is 0.912 bits per heavy atom. The molecule has 182 valence electrons. The van der Waals surface area contributed by atoms with Crippen LogP contribution in [0.1, 0.15) is 35.1 Å². The number of alkyl halides is 6. The molecule has 2 heterocycles. The van der Waals surface area contributed by atoms with Crippen molar-refractivity contribution in [2.75, 3.05) is 18.0 Å².